The Bertz CT molecular complexity index is 1120. The monoisotopic (exact) mass is 454 g/mol. The van der Waals surface area contributed by atoms with Crippen LogP contribution in [0.5, 0.6) is 0 Å². The summed E-state index contributed by atoms with van der Waals surface area (Å²) >= 11 is 1.43. The zero-order valence-electron chi connectivity index (χ0n) is 17.3. The van der Waals surface area contributed by atoms with Crippen LogP contribution in [0.4, 0.5) is 5.13 Å². The number of nitrogens with one attached hydrogen (secondary N) is 1. The Balaban J connectivity index is 1.48. The Hall–Kier alpha value is -2.51. The molecule has 0 unspecified atom stereocenters. The van der Waals surface area contributed by atoms with Gasteiger partial charge in [-0.3, -0.25) is 4.79 Å². The van der Waals surface area contributed by atoms with Crippen molar-refractivity contribution in [2.45, 2.75) is 43.8 Å². The highest BCUT2D eigenvalue weighted by Crippen LogP contribution is 2.34. The van der Waals surface area contributed by atoms with E-state index in [4.69, 9.17) is 0 Å². The number of anilines is 1. The second-order valence-corrected chi connectivity index (χ2v) is 11.3. The summed E-state index contributed by atoms with van der Waals surface area (Å²) in [6.07, 6.45) is 3.99. The summed E-state index contributed by atoms with van der Waals surface area (Å²) in [6.45, 7) is 0. The molecule has 1 fully saturated rings. The predicted molar refractivity (Wildman–Crippen MR) is 126 cm³/mol. The molecule has 0 bridgehead atoms. The summed E-state index contributed by atoms with van der Waals surface area (Å²) in [4.78, 5) is 18.2. The lowest BCUT2D eigenvalue weighted by Gasteiger charge is -2.10. The molecule has 1 heterocycles. The summed E-state index contributed by atoms with van der Waals surface area (Å²) in [6, 6.07) is 20.1. The number of aromatic nitrogens is 1. The van der Waals surface area contributed by atoms with Crippen molar-refractivity contribution in [3.63, 3.8) is 0 Å². The number of carbonyl (C=O) groups is 1. The highest BCUT2D eigenvalue weighted by atomic mass is 32.2. The number of benzene rings is 2. The van der Waals surface area contributed by atoms with Crippen LogP contribution >= 0.6 is 11.3 Å². The molecule has 0 radical (unpaired) electrons. The van der Waals surface area contributed by atoms with Gasteiger partial charge in [-0.15, -0.1) is 0 Å². The summed E-state index contributed by atoms with van der Waals surface area (Å²) in [5, 5.41) is 3.06. The van der Waals surface area contributed by atoms with Crippen LogP contribution in [0.3, 0.4) is 0 Å². The van der Waals surface area contributed by atoms with Crippen LogP contribution in [0.25, 0.3) is 10.4 Å². The van der Waals surface area contributed by atoms with Crippen LogP contribution in [-0.2, 0) is 21.1 Å². The minimum absolute atomic E-state index is 0.0346. The highest BCUT2D eigenvalue weighted by Gasteiger charge is 2.29. The smallest absolute Gasteiger partial charge is 0.227 e. The predicted octanol–water partition coefficient (Wildman–Crippen LogP) is 5.09. The van der Waals surface area contributed by atoms with E-state index in [1.165, 1.54) is 11.3 Å². The molecule has 4 rings (SSSR count). The molecular formula is C24H26N2O3S2. The van der Waals surface area contributed by atoms with Crippen molar-refractivity contribution < 1.29 is 13.2 Å². The first kappa shape index (κ1) is 21.7. The minimum atomic E-state index is -3.21. The van der Waals surface area contributed by atoms with Crippen LogP contribution in [0.15, 0.2) is 60.7 Å². The number of nitrogens with zero attached hydrogens (tertiary/aromatic N) is 1. The van der Waals surface area contributed by atoms with Crippen molar-refractivity contribution in [2.24, 2.45) is 0 Å². The van der Waals surface area contributed by atoms with Crippen molar-refractivity contribution >= 4 is 32.2 Å². The molecule has 1 amide bonds. The van der Waals surface area contributed by atoms with Gasteiger partial charge in [0.2, 0.25) is 5.91 Å². The lowest BCUT2D eigenvalue weighted by molar-refractivity contribution is -0.115. The molecule has 31 heavy (non-hydrogen) atoms. The van der Waals surface area contributed by atoms with Gasteiger partial charge in [0.05, 0.1) is 21.6 Å². The molecule has 2 aromatic carbocycles. The van der Waals surface area contributed by atoms with Crippen molar-refractivity contribution in [3.05, 3.63) is 71.9 Å². The fourth-order valence-corrected chi connectivity index (χ4v) is 6.82. The molecule has 1 N–H and O–H groups in total. The van der Waals surface area contributed by atoms with E-state index < -0.39 is 9.84 Å². The third kappa shape index (κ3) is 5.60. The maximum Gasteiger partial charge on any atom is 0.227 e. The molecule has 5 nitrogen and oxygen atoms in total. The zero-order valence-corrected chi connectivity index (χ0v) is 18.9. The quantitative estimate of drug-likeness (QED) is 0.515. The summed E-state index contributed by atoms with van der Waals surface area (Å²) < 4.78 is 24.9. The highest BCUT2D eigenvalue weighted by molar-refractivity contribution is 7.92. The first-order chi connectivity index (χ1) is 15.0. The van der Waals surface area contributed by atoms with Crippen LogP contribution in [0.1, 0.15) is 43.4 Å². The molecule has 162 valence electrons. The van der Waals surface area contributed by atoms with Gasteiger partial charge in [0.1, 0.15) is 0 Å². The van der Waals surface area contributed by atoms with Crippen molar-refractivity contribution in [1.82, 2.24) is 4.98 Å². The molecule has 0 saturated heterocycles. The second-order valence-electron chi connectivity index (χ2n) is 7.89. The number of hydrogen-bond acceptors (Lipinski definition) is 5. The number of thiazole rings is 1. The fraction of sp³-hybridized carbons (Fsp3) is 0.333. The maximum atomic E-state index is 12.5. The summed E-state index contributed by atoms with van der Waals surface area (Å²) in [5.41, 5.74) is 3.09. The van der Waals surface area contributed by atoms with E-state index in [2.05, 4.69) is 22.4 Å². The van der Waals surface area contributed by atoms with E-state index in [1.54, 1.807) is 0 Å². The van der Waals surface area contributed by atoms with Gasteiger partial charge in [0, 0.05) is 12.8 Å². The van der Waals surface area contributed by atoms with Gasteiger partial charge in [-0.1, -0.05) is 84.8 Å². The van der Waals surface area contributed by atoms with Gasteiger partial charge in [-0.2, -0.15) is 0 Å². The van der Waals surface area contributed by atoms with Gasteiger partial charge in [-0.05, 0) is 24.0 Å². The second kappa shape index (κ2) is 9.75. The average molecular weight is 455 g/mol. The number of hydrogen-bond donors (Lipinski definition) is 1. The van der Waals surface area contributed by atoms with Crippen LogP contribution in [-0.4, -0.2) is 30.3 Å². The lowest BCUT2D eigenvalue weighted by Crippen LogP contribution is -2.24. The Labute approximate surface area is 187 Å². The normalized spacial score (nSPS) is 14.6. The summed E-state index contributed by atoms with van der Waals surface area (Å²) in [5.74, 6) is -0.404. The van der Waals surface area contributed by atoms with Crippen LogP contribution in [0, 0.1) is 0 Å². The molecule has 1 saturated carbocycles. The molecule has 1 aliphatic carbocycles. The minimum Gasteiger partial charge on any atom is -0.302 e. The standard InChI is InChI=1S/C24H26N2O3S2/c27-22(15-16-31(28,29)20-13-7-8-14-20)26-24-25-21(17-18-9-3-1-4-10-18)23(30-24)19-11-5-2-6-12-19/h1-6,9-12,20H,7-8,13-17H2,(H,25,26,27). The third-order valence-electron chi connectivity index (χ3n) is 5.62. The van der Waals surface area contributed by atoms with Gasteiger partial charge in [0.25, 0.3) is 0 Å². The lowest BCUT2D eigenvalue weighted by atomic mass is 10.1. The van der Waals surface area contributed by atoms with Gasteiger partial charge in [-0.25, -0.2) is 13.4 Å². The summed E-state index contributed by atoms with van der Waals surface area (Å²) in [7, 11) is -3.21. The van der Waals surface area contributed by atoms with Gasteiger partial charge >= 0.3 is 0 Å². The number of rotatable bonds is 8. The number of sulfone groups is 1. The van der Waals surface area contributed by atoms with Crippen LogP contribution in [0.2, 0.25) is 0 Å². The molecule has 7 heteroatoms. The maximum absolute atomic E-state index is 12.5. The molecule has 0 aliphatic heterocycles. The van der Waals surface area contributed by atoms with E-state index in [1.807, 2.05) is 48.5 Å². The van der Waals surface area contributed by atoms with E-state index in [9.17, 15) is 13.2 Å². The Kier molecular flexibility index (Phi) is 6.83. The van der Waals surface area contributed by atoms with E-state index in [-0.39, 0.29) is 23.3 Å². The molecule has 3 aromatic rings. The molecule has 1 aromatic heterocycles. The number of carbonyl (C=O) groups excluding carboxylic acids is 1. The topological polar surface area (TPSA) is 76.1 Å². The van der Waals surface area contributed by atoms with E-state index in [0.717, 1.165) is 47.4 Å². The molecule has 1 aliphatic rings. The Morgan fingerprint density at radius 3 is 2.32 bits per heavy atom. The fourth-order valence-electron chi connectivity index (χ4n) is 3.96. The Morgan fingerprint density at radius 2 is 1.65 bits per heavy atom. The van der Waals surface area contributed by atoms with Gasteiger partial charge in [0.15, 0.2) is 15.0 Å². The Morgan fingerprint density at radius 1 is 1.00 bits per heavy atom. The molecule has 0 spiro atoms. The molecule has 0 atom stereocenters. The third-order valence-corrected chi connectivity index (χ3v) is 8.94. The van der Waals surface area contributed by atoms with Crippen molar-refractivity contribution in [2.75, 3.05) is 11.1 Å². The zero-order chi connectivity index (χ0) is 21.7. The largest absolute Gasteiger partial charge is 0.302 e. The van der Waals surface area contributed by atoms with Gasteiger partial charge < -0.3 is 5.32 Å². The first-order valence-electron chi connectivity index (χ1n) is 10.6. The van der Waals surface area contributed by atoms with Crippen molar-refractivity contribution in [1.29, 1.82) is 0 Å². The number of amides is 1. The van der Waals surface area contributed by atoms with E-state index >= 15 is 0 Å². The van der Waals surface area contributed by atoms with E-state index in [0.29, 0.717) is 11.6 Å². The van der Waals surface area contributed by atoms with Crippen LogP contribution < -0.4 is 5.32 Å². The molecular weight excluding hydrogens is 428 g/mol. The van der Waals surface area contributed by atoms with Crippen molar-refractivity contribution in [3.8, 4) is 10.4 Å². The average Bonchev–Trinajstić information content (AvgIpc) is 3.45. The SMILES string of the molecule is O=C(CCS(=O)(=O)C1CCCC1)Nc1nc(Cc2ccccc2)c(-c2ccccc2)s1. The first-order valence-corrected chi connectivity index (χ1v) is 13.1.